The van der Waals surface area contributed by atoms with Gasteiger partial charge in [-0.1, -0.05) is 0 Å². The van der Waals surface area contributed by atoms with Gasteiger partial charge in [-0.05, 0) is 30.9 Å². The molecule has 5 heteroatoms. The van der Waals surface area contributed by atoms with Crippen LogP contribution in [0.2, 0.25) is 0 Å². The minimum absolute atomic E-state index is 0.155. The average molecular weight is 223 g/mol. The maximum Gasteiger partial charge on any atom is 0.404 e. The lowest BCUT2D eigenvalue weighted by atomic mass is 9.94. The van der Waals surface area contributed by atoms with Gasteiger partial charge in [-0.3, -0.25) is 0 Å². The fourth-order valence-corrected chi connectivity index (χ4v) is 2.25. The lowest BCUT2D eigenvalue weighted by molar-refractivity contribution is 0.152. The number of fused-ring (bicyclic) bond motifs is 1. The number of amides is 1. The van der Waals surface area contributed by atoms with Crippen molar-refractivity contribution in [2.24, 2.45) is 11.5 Å². The van der Waals surface area contributed by atoms with E-state index in [0.717, 1.165) is 19.3 Å². The number of carbonyl (C=O) groups excluding carboxylic acids is 1. The molecule has 16 heavy (non-hydrogen) atoms. The summed E-state index contributed by atoms with van der Waals surface area (Å²) in [6, 6.07) is 2.21. The van der Waals surface area contributed by atoms with Crippen molar-refractivity contribution >= 4 is 6.09 Å². The van der Waals surface area contributed by atoms with Gasteiger partial charge in [0.15, 0.2) is 0 Å². The summed E-state index contributed by atoms with van der Waals surface area (Å²) >= 11 is 0. The van der Waals surface area contributed by atoms with Crippen LogP contribution in [-0.4, -0.2) is 17.3 Å². The van der Waals surface area contributed by atoms with Crippen LogP contribution >= 0.6 is 0 Å². The maximum atomic E-state index is 10.4. The highest BCUT2D eigenvalue weighted by atomic mass is 16.5. The Labute approximate surface area is 94.4 Å². The molecular formula is C11H17N3O2. The van der Waals surface area contributed by atoms with E-state index in [4.69, 9.17) is 16.2 Å². The van der Waals surface area contributed by atoms with Gasteiger partial charge in [-0.2, -0.15) is 0 Å². The maximum absolute atomic E-state index is 10.4. The van der Waals surface area contributed by atoms with Crippen LogP contribution in [-0.2, 0) is 17.7 Å². The van der Waals surface area contributed by atoms with Gasteiger partial charge in [0.05, 0.1) is 6.54 Å². The lowest BCUT2D eigenvalue weighted by Gasteiger charge is -2.20. The van der Waals surface area contributed by atoms with Crippen LogP contribution in [0.5, 0.6) is 0 Å². The van der Waals surface area contributed by atoms with Crippen molar-refractivity contribution in [2.75, 3.05) is 6.61 Å². The lowest BCUT2D eigenvalue weighted by Crippen LogP contribution is -2.20. The predicted molar refractivity (Wildman–Crippen MR) is 59.8 cm³/mol. The molecule has 1 atom stereocenters. The Balaban J connectivity index is 2.02. The zero-order valence-electron chi connectivity index (χ0n) is 9.19. The number of carbonyl (C=O) groups is 1. The van der Waals surface area contributed by atoms with E-state index in [1.807, 2.05) is 6.20 Å². The first-order valence-corrected chi connectivity index (χ1v) is 5.54. The van der Waals surface area contributed by atoms with E-state index in [-0.39, 0.29) is 6.04 Å². The van der Waals surface area contributed by atoms with Gasteiger partial charge >= 0.3 is 6.09 Å². The Morgan fingerprint density at radius 3 is 3.19 bits per heavy atom. The standard InChI is InChI=1S/C11H17N3O2/c12-9-2-1-3-10-8(9)4-5-14(10)6-7-16-11(13)15/h4-5,9H,1-3,6-7,12H2,(H2,13,15). The molecule has 2 rings (SSSR count). The molecule has 0 radical (unpaired) electrons. The van der Waals surface area contributed by atoms with E-state index < -0.39 is 6.09 Å². The monoisotopic (exact) mass is 223 g/mol. The molecule has 0 aliphatic heterocycles. The molecule has 1 unspecified atom stereocenters. The largest absolute Gasteiger partial charge is 0.448 e. The molecule has 1 aliphatic rings. The molecule has 1 heterocycles. The molecule has 0 aromatic carbocycles. The highest BCUT2D eigenvalue weighted by Crippen LogP contribution is 2.28. The van der Waals surface area contributed by atoms with Crippen LogP contribution in [0.15, 0.2) is 12.3 Å². The number of primary amides is 1. The average Bonchev–Trinajstić information content (AvgIpc) is 2.63. The van der Waals surface area contributed by atoms with E-state index in [0.29, 0.717) is 13.2 Å². The molecule has 1 amide bonds. The Morgan fingerprint density at radius 1 is 1.62 bits per heavy atom. The van der Waals surface area contributed by atoms with Gasteiger partial charge in [0, 0.05) is 17.9 Å². The SMILES string of the molecule is NC(=O)OCCn1ccc2c1CCCC2N. The summed E-state index contributed by atoms with van der Waals surface area (Å²) in [5.41, 5.74) is 13.4. The predicted octanol–water partition coefficient (Wildman–Crippen LogP) is 0.919. The third kappa shape index (κ3) is 2.19. The Kier molecular flexibility index (Phi) is 3.14. The highest BCUT2D eigenvalue weighted by Gasteiger charge is 2.19. The Hall–Kier alpha value is -1.49. The first-order chi connectivity index (χ1) is 7.68. The van der Waals surface area contributed by atoms with Crippen LogP contribution in [0.1, 0.15) is 30.1 Å². The number of ether oxygens (including phenoxy) is 1. The van der Waals surface area contributed by atoms with Gasteiger partial charge < -0.3 is 20.8 Å². The van der Waals surface area contributed by atoms with Crippen molar-refractivity contribution in [2.45, 2.75) is 31.8 Å². The van der Waals surface area contributed by atoms with E-state index in [1.54, 1.807) is 0 Å². The number of hydrogen-bond donors (Lipinski definition) is 2. The smallest absolute Gasteiger partial charge is 0.404 e. The second-order valence-corrected chi connectivity index (χ2v) is 4.08. The van der Waals surface area contributed by atoms with Gasteiger partial charge in [0.2, 0.25) is 0 Å². The van der Waals surface area contributed by atoms with Crippen molar-refractivity contribution in [1.82, 2.24) is 4.57 Å². The topological polar surface area (TPSA) is 83.3 Å². The third-order valence-electron chi connectivity index (χ3n) is 3.02. The van der Waals surface area contributed by atoms with E-state index in [9.17, 15) is 4.79 Å². The molecule has 0 spiro atoms. The zero-order valence-corrected chi connectivity index (χ0v) is 9.19. The van der Waals surface area contributed by atoms with Crippen LogP contribution < -0.4 is 11.5 Å². The second kappa shape index (κ2) is 4.57. The van der Waals surface area contributed by atoms with Crippen LogP contribution in [0.3, 0.4) is 0 Å². The summed E-state index contributed by atoms with van der Waals surface area (Å²) in [6.07, 6.45) is 4.49. The van der Waals surface area contributed by atoms with E-state index >= 15 is 0 Å². The van der Waals surface area contributed by atoms with Crippen molar-refractivity contribution < 1.29 is 9.53 Å². The fraction of sp³-hybridized carbons (Fsp3) is 0.545. The summed E-state index contributed by atoms with van der Waals surface area (Å²) < 4.78 is 6.81. The molecule has 0 saturated carbocycles. The summed E-state index contributed by atoms with van der Waals surface area (Å²) in [5.74, 6) is 0. The quantitative estimate of drug-likeness (QED) is 0.799. The van der Waals surface area contributed by atoms with Crippen molar-refractivity contribution in [1.29, 1.82) is 0 Å². The first-order valence-electron chi connectivity index (χ1n) is 5.54. The van der Waals surface area contributed by atoms with E-state index in [2.05, 4.69) is 10.6 Å². The molecule has 1 aromatic rings. The third-order valence-corrected chi connectivity index (χ3v) is 3.02. The van der Waals surface area contributed by atoms with Crippen LogP contribution in [0.4, 0.5) is 4.79 Å². The summed E-state index contributed by atoms with van der Waals surface area (Å²) in [5, 5.41) is 0. The van der Waals surface area contributed by atoms with Crippen LogP contribution in [0, 0.1) is 0 Å². The van der Waals surface area contributed by atoms with Gasteiger partial charge in [0.25, 0.3) is 0 Å². The van der Waals surface area contributed by atoms with Crippen molar-refractivity contribution in [3.8, 4) is 0 Å². The number of aromatic nitrogens is 1. The first kappa shape index (κ1) is 11.0. The van der Waals surface area contributed by atoms with Gasteiger partial charge in [0.1, 0.15) is 6.61 Å². The molecule has 1 aromatic heterocycles. The molecular weight excluding hydrogens is 206 g/mol. The Morgan fingerprint density at radius 2 is 2.44 bits per heavy atom. The summed E-state index contributed by atoms with van der Waals surface area (Å²) in [7, 11) is 0. The second-order valence-electron chi connectivity index (χ2n) is 4.08. The van der Waals surface area contributed by atoms with Gasteiger partial charge in [-0.15, -0.1) is 0 Å². The minimum atomic E-state index is -0.724. The number of hydrogen-bond acceptors (Lipinski definition) is 3. The molecule has 0 saturated heterocycles. The zero-order chi connectivity index (χ0) is 11.5. The minimum Gasteiger partial charge on any atom is -0.448 e. The van der Waals surface area contributed by atoms with E-state index in [1.165, 1.54) is 11.3 Å². The highest BCUT2D eigenvalue weighted by molar-refractivity contribution is 5.64. The molecule has 5 nitrogen and oxygen atoms in total. The fourth-order valence-electron chi connectivity index (χ4n) is 2.25. The summed E-state index contributed by atoms with van der Waals surface area (Å²) in [4.78, 5) is 10.4. The van der Waals surface area contributed by atoms with Crippen molar-refractivity contribution in [3.63, 3.8) is 0 Å². The number of nitrogens with two attached hydrogens (primary N) is 2. The molecule has 0 bridgehead atoms. The molecule has 4 N–H and O–H groups in total. The molecule has 0 fully saturated rings. The molecule has 1 aliphatic carbocycles. The van der Waals surface area contributed by atoms with Gasteiger partial charge in [-0.25, -0.2) is 4.79 Å². The Bertz CT molecular complexity index is 387. The van der Waals surface area contributed by atoms with Crippen molar-refractivity contribution in [3.05, 3.63) is 23.5 Å². The number of rotatable bonds is 3. The normalized spacial score (nSPS) is 19.2. The van der Waals surface area contributed by atoms with Crippen LogP contribution in [0.25, 0.3) is 0 Å². The summed E-state index contributed by atoms with van der Waals surface area (Å²) in [6.45, 7) is 0.955. The number of nitrogens with zero attached hydrogens (tertiary/aromatic N) is 1. The molecule has 88 valence electrons.